The number of rotatable bonds is 8. The van der Waals surface area contributed by atoms with Gasteiger partial charge in [-0.05, 0) is 30.5 Å². The van der Waals surface area contributed by atoms with E-state index in [0.29, 0.717) is 11.9 Å². The van der Waals surface area contributed by atoms with Gasteiger partial charge in [-0.15, -0.1) is 0 Å². The van der Waals surface area contributed by atoms with Gasteiger partial charge in [0.05, 0.1) is 11.9 Å². The summed E-state index contributed by atoms with van der Waals surface area (Å²) in [6, 6.07) is 12.3. The van der Waals surface area contributed by atoms with Crippen molar-refractivity contribution >= 4 is 11.6 Å². The molecule has 136 valence electrons. The van der Waals surface area contributed by atoms with Gasteiger partial charge in [0.15, 0.2) is 0 Å². The lowest BCUT2D eigenvalue weighted by molar-refractivity contribution is 0.808. The Bertz CT molecular complexity index is 812. The molecule has 2 N–H and O–H groups in total. The number of H-pyrrole nitrogens is 1. The van der Waals surface area contributed by atoms with Crippen LogP contribution < -0.4 is 10.2 Å². The van der Waals surface area contributed by atoms with Crippen molar-refractivity contribution in [3.63, 3.8) is 0 Å². The molecule has 2 aromatic heterocycles. The molecule has 1 aromatic carbocycles. The lowest BCUT2D eigenvalue weighted by Crippen LogP contribution is -2.21. The predicted molar refractivity (Wildman–Crippen MR) is 107 cm³/mol. The summed E-state index contributed by atoms with van der Waals surface area (Å²) in [6.07, 6.45) is 4.62. The minimum absolute atomic E-state index is 0.368. The Morgan fingerprint density at radius 1 is 1.15 bits per heavy atom. The molecule has 0 aliphatic heterocycles. The number of hydrogen-bond donors (Lipinski definition) is 2. The van der Waals surface area contributed by atoms with Crippen molar-refractivity contribution in [2.24, 2.45) is 0 Å². The van der Waals surface area contributed by atoms with E-state index in [1.165, 1.54) is 5.69 Å². The largest absolute Gasteiger partial charge is 0.375 e. The van der Waals surface area contributed by atoms with Crippen LogP contribution in [0.1, 0.15) is 31.9 Å². The van der Waals surface area contributed by atoms with E-state index >= 15 is 0 Å². The third-order valence-corrected chi connectivity index (χ3v) is 4.33. The summed E-state index contributed by atoms with van der Waals surface area (Å²) in [7, 11) is 2.11. The molecule has 0 bridgehead atoms. The highest BCUT2D eigenvalue weighted by molar-refractivity contribution is 5.62. The van der Waals surface area contributed by atoms with E-state index in [4.69, 9.17) is 0 Å². The van der Waals surface area contributed by atoms with Crippen LogP contribution in [0.15, 0.2) is 48.8 Å². The van der Waals surface area contributed by atoms with Gasteiger partial charge in [-0.2, -0.15) is 5.10 Å². The zero-order valence-corrected chi connectivity index (χ0v) is 15.6. The quantitative estimate of drug-likeness (QED) is 0.603. The monoisotopic (exact) mass is 350 g/mol. The van der Waals surface area contributed by atoms with Crippen LogP contribution in [0.25, 0.3) is 11.3 Å². The molecule has 26 heavy (non-hydrogen) atoms. The zero-order valence-electron chi connectivity index (χ0n) is 15.6. The average molecular weight is 350 g/mol. The van der Waals surface area contributed by atoms with Gasteiger partial charge in [0.25, 0.3) is 0 Å². The van der Waals surface area contributed by atoms with E-state index in [1.54, 1.807) is 6.20 Å². The number of nitrogens with zero attached hydrogens (tertiary/aromatic N) is 4. The van der Waals surface area contributed by atoms with Crippen LogP contribution in [0, 0.1) is 0 Å². The molecule has 6 nitrogen and oxygen atoms in total. The van der Waals surface area contributed by atoms with Gasteiger partial charge >= 0.3 is 0 Å². The molecule has 0 atom stereocenters. The minimum atomic E-state index is 0.368. The van der Waals surface area contributed by atoms with Crippen LogP contribution in [-0.4, -0.2) is 40.3 Å². The Morgan fingerprint density at radius 3 is 2.73 bits per heavy atom. The van der Waals surface area contributed by atoms with E-state index in [2.05, 4.69) is 75.5 Å². The summed E-state index contributed by atoms with van der Waals surface area (Å²) in [5.41, 5.74) is 4.25. The van der Waals surface area contributed by atoms with Crippen molar-refractivity contribution in [3.05, 3.63) is 54.5 Å². The SMILES string of the molecule is CC(C)c1[nH]ncc1-c1ccnc(NCCCN(C)c2ccccc2)n1. The third-order valence-electron chi connectivity index (χ3n) is 4.33. The van der Waals surface area contributed by atoms with Crippen LogP contribution in [-0.2, 0) is 0 Å². The van der Waals surface area contributed by atoms with Crippen molar-refractivity contribution in [2.45, 2.75) is 26.2 Å². The zero-order chi connectivity index (χ0) is 18.4. The summed E-state index contributed by atoms with van der Waals surface area (Å²) >= 11 is 0. The second-order valence-electron chi connectivity index (χ2n) is 6.65. The Kier molecular flexibility index (Phi) is 5.84. The normalized spacial score (nSPS) is 10.9. The number of aromatic amines is 1. The first-order chi connectivity index (χ1) is 12.6. The molecule has 0 aliphatic rings. The van der Waals surface area contributed by atoms with E-state index < -0.39 is 0 Å². The third kappa shape index (κ3) is 4.39. The molecule has 0 fully saturated rings. The van der Waals surface area contributed by atoms with Crippen LogP contribution >= 0.6 is 0 Å². The van der Waals surface area contributed by atoms with Crippen LogP contribution in [0.5, 0.6) is 0 Å². The Morgan fingerprint density at radius 2 is 1.96 bits per heavy atom. The number of hydrogen-bond acceptors (Lipinski definition) is 5. The summed E-state index contributed by atoms with van der Waals surface area (Å²) < 4.78 is 0. The Hall–Kier alpha value is -2.89. The van der Waals surface area contributed by atoms with E-state index in [9.17, 15) is 0 Å². The van der Waals surface area contributed by atoms with Crippen molar-refractivity contribution in [2.75, 3.05) is 30.4 Å². The lowest BCUT2D eigenvalue weighted by Gasteiger charge is -2.19. The van der Waals surface area contributed by atoms with Gasteiger partial charge < -0.3 is 10.2 Å². The maximum atomic E-state index is 4.64. The summed E-state index contributed by atoms with van der Waals surface area (Å²) in [5.74, 6) is 1.02. The topological polar surface area (TPSA) is 69.7 Å². The molecule has 0 saturated heterocycles. The van der Waals surface area contributed by atoms with Gasteiger partial charge in [-0.25, -0.2) is 9.97 Å². The number of nitrogens with one attached hydrogen (secondary N) is 2. The van der Waals surface area contributed by atoms with Crippen LogP contribution in [0.4, 0.5) is 11.6 Å². The molecule has 0 saturated carbocycles. The second-order valence-corrected chi connectivity index (χ2v) is 6.65. The summed E-state index contributed by atoms with van der Waals surface area (Å²) in [4.78, 5) is 11.2. The molecule has 0 unspecified atom stereocenters. The molecule has 2 heterocycles. The van der Waals surface area contributed by atoms with Crippen molar-refractivity contribution < 1.29 is 0 Å². The molecule has 6 heteroatoms. The first kappa shape index (κ1) is 17.9. The van der Waals surface area contributed by atoms with Crippen LogP contribution in [0.3, 0.4) is 0 Å². The number of benzene rings is 1. The van der Waals surface area contributed by atoms with E-state index in [-0.39, 0.29) is 0 Å². The fourth-order valence-corrected chi connectivity index (χ4v) is 2.86. The van der Waals surface area contributed by atoms with Gasteiger partial charge in [0.2, 0.25) is 5.95 Å². The van der Waals surface area contributed by atoms with E-state index in [0.717, 1.165) is 36.5 Å². The predicted octanol–water partition coefficient (Wildman–Crippen LogP) is 3.93. The standard InChI is InChI=1S/C20H26N6/c1-15(2)19-17(14-23-25-19)18-10-12-22-20(24-18)21-11-7-13-26(3)16-8-5-4-6-9-16/h4-6,8-10,12,14-15H,7,11,13H2,1-3H3,(H,23,25)(H,21,22,24). The van der Waals surface area contributed by atoms with Gasteiger partial charge in [0.1, 0.15) is 0 Å². The van der Waals surface area contributed by atoms with Gasteiger partial charge in [-0.3, -0.25) is 5.10 Å². The highest BCUT2D eigenvalue weighted by Crippen LogP contribution is 2.25. The molecule has 0 spiro atoms. The molecule has 0 aliphatic carbocycles. The fourth-order valence-electron chi connectivity index (χ4n) is 2.86. The molecule has 3 rings (SSSR count). The first-order valence-electron chi connectivity index (χ1n) is 9.02. The van der Waals surface area contributed by atoms with Crippen molar-refractivity contribution in [3.8, 4) is 11.3 Å². The van der Waals surface area contributed by atoms with Crippen molar-refractivity contribution in [1.29, 1.82) is 0 Å². The molecule has 0 amide bonds. The smallest absolute Gasteiger partial charge is 0.223 e. The maximum Gasteiger partial charge on any atom is 0.223 e. The van der Waals surface area contributed by atoms with Gasteiger partial charge in [-0.1, -0.05) is 32.0 Å². The number of para-hydroxylation sites is 1. The Labute approximate surface area is 154 Å². The molecule has 0 radical (unpaired) electrons. The average Bonchev–Trinajstić information content (AvgIpc) is 3.16. The number of aromatic nitrogens is 4. The van der Waals surface area contributed by atoms with Crippen LogP contribution in [0.2, 0.25) is 0 Å². The summed E-state index contributed by atoms with van der Waals surface area (Å²) in [5, 5.41) is 10.6. The summed E-state index contributed by atoms with van der Waals surface area (Å²) in [6.45, 7) is 6.07. The minimum Gasteiger partial charge on any atom is -0.375 e. The Balaban J connectivity index is 1.55. The first-order valence-corrected chi connectivity index (χ1v) is 9.02. The van der Waals surface area contributed by atoms with E-state index in [1.807, 2.05) is 18.3 Å². The molecule has 3 aromatic rings. The molecular weight excluding hydrogens is 324 g/mol. The second kappa shape index (κ2) is 8.47. The molecular formula is C20H26N6. The highest BCUT2D eigenvalue weighted by atomic mass is 15.1. The highest BCUT2D eigenvalue weighted by Gasteiger charge is 2.12. The lowest BCUT2D eigenvalue weighted by atomic mass is 10.0. The van der Waals surface area contributed by atoms with Crippen molar-refractivity contribution in [1.82, 2.24) is 20.2 Å². The number of anilines is 2. The van der Waals surface area contributed by atoms with Gasteiger partial charge in [0, 0.05) is 43.3 Å². The fraction of sp³-hybridized carbons (Fsp3) is 0.350. The maximum absolute atomic E-state index is 4.64.